The Balaban J connectivity index is 1.20. The van der Waals surface area contributed by atoms with E-state index in [1.165, 1.54) is 10.9 Å². The summed E-state index contributed by atoms with van der Waals surface area (Å²) in [6, 6.07) is 37.6. The molecule has 7 aromatic rings. The molecule has 6 heteroatoms. The lowest BCUT2D eigenvalue weighted by atomic mass is 9.33. The Morgan fingerprint density at radius 1 is 0.561 bits per heavy atom. The van der Waals surface area contributed by atoms with Crippen molar-refractivity contribution in [2.75, 3.05) is 4.90 Å². The molecule has 41 heavy (non-hydrogen) atoms. The number of aromatic nitrogens is 1. The molecule has 0 radical (unpaired) electrons. The summed E-state index contributed by atoms with van der Waals surface area (Å²) in [4.78, 5) is 6.89. The van der Waals surface area contributed by atoms with E-state index < -0.39 is 0 Å². The van der Waals surface area contributed by atoms with E-state index in [4.69, 9.17) is 13.9 Å². The van der Waals surface area contributed by atoms with E-state index in [-0.39, 0.29) is 6.71 Å². The number of para-hydroxylation sites is 1. The van der Waals surface area contributed by atoms with Gasteiger partial charge in [0.25, 0.3) is 6.71 Å². The van der Waals surface area contributed by atoms with Crippen LogP contribution >= 0.6 is 0 Å². The van der Waals surface area contributed by atoms with Gasteiger partial charge in [-0.25, -0.2) is 0 Å². The van der Waals surface area contributed by atoms with Gasteiger partial charge < -0.3 is 18.8 Å². The smallest absolute Gasteiger partial charge is 0.266 e. The molecule has 0 spiro atoms. The second-order valence-corrected chi connectivity index (χ2v) is 10.7. The van der Waals surface area contributed by atoms with E-state index in [2.05, 4.69) is 94.8 Å². The van der Waals surface area contributed by atoms with Gasteiger partial charge in [0.2, 0.25) is 0 Å². The topological polar surface area (TPSA) is 47.7 Å². The Bertz CT molecular complexity index is 2160. The molecule has 190 valence electrons. The molecular formula is C35H19BN2O3. The molecule has 0 aliphatic carbocycles. The van der Waals surface area contributed by atoms with Crippen LogP contribution in [0.5, 0.6) is 23.0 Å². The first-order valence-electron chi connectivity index (χ1n) is 13.7. The summed E-state index contributed by atoms with van der Waals surface area (Å²) >= 11 is 0. The summed E-state index contributed by atoms with van der Waals surface area (Å²) in [6.45, 7) is 0.0263. The van der Waals surface area contributed by atoms with Gasteiger partial charge in [-0.2, -0.15) is 0 Å². The third kappa shape index (κ3) is 2.78. The third-order valence-corrected chi connectivity index (χ3v) is 8.55. The highest BCUT2D eigenvalue weighted by atomic mass is 16.5. The van der Waals surface area contributed by atoms with E-state index in [1.807, 2.05) is 24.3 Å². The van der Waals surface area contributed by atoms with E-state index in [1.54, 1.807) is 6.20 Å². The molecule has 5 heterocycles. The first kappa shape index (κ1) is 21.4. The van der Waals surface area contributed by atoms with Crippen molar-refractivity contribution in [2.24, 2.45) is 0 Å². The van der Waals surface area contributed by atoms with Crippen molar-refractivity contribution in [3.8, 4) is 34.1 Å². The summed E-state index contributed by atoms with van der Waals surface area (Å²) < 4.78 is 19.4. The van der Waals surface area contributed by atoms with Crippen molar-refractivity contribution in [3.05, 3.63) is 115 Å². The standard InChI is InChI=1S/C35H19BN2O3/c1-2-7-22(8-3-1)38-24-9-4-11-27-32(24)36-33-25(38)10-5-12-28(33)41-31-19-21(18-30(40-27)34(31)36)20-14-15-26-23(17-20)35-29(39-26)13-6-16-37-35/h1-19H. The number of pyridine rings is 1. The number of hydrogen-bond acceptors (Lipinski definition) is 5. The lowest BCUT2D eigenvalue weighted by Gasteiger charge is -2.42. The minimum atomic E-state index is 0.0263. The Morgan fingerprint density at radius 2 is 1.29 bits per heavy atom. The van der Waals surface area contributed by atoms with Crippen molar-refractivity contribution in [2.45, 2.75) is 0 Å². The summed E-state index contributed by atoms with van der Waals surface area (Å²) in [5, 5.41) is 0.990. The molecule has 0 unspecified atom stereocenters. The molecule has 0 amide bonds. The van der Waals surface area contributed by atoms with Gasteiger partial charge in [-0.15, -0.1) is 0 Å². The Kier molecular flexibility index (Phi) is 3.95. The predicted octanol–water partition coefficient (Wildman–Crippen LogP) is 7.16. The molecule has 10 rings (SSSR count). The molecule has 2 aromatic heterocycles. The van der Waals surface area contributed by atoms with Gasteiger partial charge in [-0.1, -0.05) is 36.4 Å². The molecule has 0 N–H and O–H groups in total. The monoisotopic (exact) mass is 526 g/mol. The van der Waals surface area contributed by atoms with Gasteiger partial charge in [0.05, 0.1) is 0 Å². The fourth-order valence-corrected chi connectivity index (χ4v) is 6.87. The highest BCUT2D eigenvalue weighted by Gasteiger charge is 2.47. The minimum absolute atomic E-state index is 0.0263. The van der Waals surface area contributed by atoms with Crippen LogP contribution < -0.4 is 30.8 Å². The highest BCUT2D eigenvalue weighted by molar-refractivity contribution is 7.00. The molecule has 3 aliphatic rings. The fraction of sp³-hybridized carbons (Fsp3) is 0. The van der Waals surface area contributed by atoms with E-state index >= 15 is 0 Å². The van der Waals surface area contributed by atoms with Crippen LogP contribution in [-0.4, -0.2) is 11.7 Å². The second kappa shape index (κ2) is 7.58. The number of fused-ring (bicyclic) bond motifs is 3. The normalized spacial score (nSPS) is 13.7. The number of ether oxygens (including phenoxy) is 2. The van der Waals surface area contributed by atoms with Crippen LogP contribution in [0.2, 0.25) is 0 Å². The zero-order valence-electron chi connectivity index (χ0n) is 21.7. The molecular weight excluding hydrogens is 507 g/mol. The van der Waals surface area contributed by atoms with Gasteiger partial charge in [0.1, 0.15) is 34.1 Å². The molecule has 0 saturated carbocycles. The quantitative estimate of drug-likeness (QED) is 0.224. The second-order valence-electron chi connectivity index (χ2n) is 10.7. The van der Waals surface area contributed by atoms with Crippen LogP contribution in [0.3, 0.4) is 0 Å². The fourth-order valence-electron chi connectivity index (χ4n) is 6.87. The largest absolute Gasteiger partial charge is 0.458 e. The highest BCUT2D eigenvalue weighted by Crippen LogP contribution is 2.46. The number of benzene rings is 5. The van der Waals surface area contributed by atoms with Crippen LogP contribution in [0.1, 0.15) is 0 Å². The summed E-state index contributed by atoms with van der Waals surface area (Å²) in [5.41, 5.74) is 11.4. The number of hydrogen-bond donors (Lipinski definition) is 0. The predicted molar refractivity (Wildman–Crippen MR) is 163 cm³/mol. The lowest BCUT2D eigenvalue weighted by molar-refractivity contribution is 0.464. The Hall–Kier alpha value is -5.49. The minimum Gasteiger partial charge on any atom is -0.458 e. The van der Waals surface area contributed by atoms with E-state index in [0.717, 1.165) is 78.7 Å². The van der Waals surface area contributed by atoms with Gasteiger partial charge in [-0.05, 0) is 94.8 Å². The van der Waals surface area contributed by atoms with Crippen LogP contribution in [0.15, 0.2) is 120 Å². The summed E-state index contributed by atoms with van der Waals surface area (Å²) in [5.74, 6) is 3.42. The first-order chi connectivity index (χ1) is 20.3. The van der Waals surface area contributed by atoms with Gasteiger partial charge in [0.15, 0.2) is 5.58 Å². The summed E-state index contributed by atoms with van der Waals surface area (Å²) in [7, 11) is 0. The van der Waals surface area contributed by atoms with E-state index in [0.29, 0.717) is 0 Å². The summed E-state index contributed by atoms with van der Waals surface area (Å²) in [6.07, 6.45) is 1.80. The zero-order chi connectivity index (χ0) is 26.7. The van der Waals surface area contributed by atoms with Gasteiger partial charge >= 0.3 is 0 Å². The molecule has 0 atom stereocenters. The van der Waals surface area contributed by atoms with Crippen molar-refractivity contribution in [1.82, 2.24) is 4.98 Å². The number of furan rings is 1. The van der Waals surface area contributed by atoms with E-state index in [9.17, 15) is 0 Å². The molecule has 0 fully saturated rings. The maximum Gasteiger partial charge on any atom is 0.266 e. The number of nitrogens with zero attached hydrogens (tertiary/aromatic N) is 2. The average Bonchev–Trinajstić information content (AvgIpc) is 3.39. The van der Waals surface area contributed by atoms with Crippen LogP contribution in [-0.2, 0) is 0 Å². The number of anilines is 3. The van der Waals surface area contributed by atoms with Crippen LogP contribution in [0.25, 0.3) is 33.2 Å². The maximum atomic E-state index is 6.70. The molecule has 0 bridgehead atoms. The lowest BCUT2D eigenvalue weighted by Crippen LogP contribution is -2.61. The Morgan fingerprint density at radius 3 is 2.02 bits per heavy atom. The van der Waals surface area contributed by atoms with Crippen LogP contribution in [0.4, 0.5) is 17.1 Å². The van der Waals surface area contributed by atoms with Crippen molar-refractivity contribution in [3.63, 3.8) is 0 Å². The molecule has 5 aromatic carbocycles. The SMILES string of the molecule is c1ccc(N2c3cccc4c3B3c5c(cc(-c6ccc7oc8cccnc8c7c6)cc5Oc5cccc2c53)O4)cc1. The molecule has 3 aliphatic heterocycles. The molecule has 0 saturated heterocycles. The average molecular weight is 526 g/mol. The molecule has 5 nitrogen and oxygen atoms in total. The van der Waals surface area contributed by atoms with Crippen molar-refractivity contribution < 1.29 is 13.9 Å². The first-order valence-corrected chi connectivity index (χ1v) is 13.7. The maximum absolute atomic E-state index is 6.70. The van der Waals surface area contributed by atoms with Gasteiger partial charge in [-0.3, -0.25) is 4.98 Å². The third-order valence-electron chi connectivity index (χ3n) is 8.55. The Labute approximate surface area is 235 Å². The van der Waals surface area contributed by atoms with Crippen LogP contribution in [0, 0.1) is 0 Å². The van der Waals surface area contributed by atoms with Crippen molar-refractivity contribution in [1.29, 1.82) is 0 Å². The van der Waals surface area contributed by atoms with Crippen molar-refractivity contribution >= 4 is 62.2 Å². The number of rotatable bonds is 2. The zero-order valence-corrected chi connectivity index (χ0v) is 21.7. The van der Waals surface area contributed by atoms with Gasteiger partial charge in [0, 0.05) is 34.1 Å².